The fourth-order valence-corrected chi connectivity index (χ4v) is 5.75. The summed E-state index contributed by atoms with van der Waals surface area (Å²) in [5, 5.41) is 9.12. The molecule has 40 heavy (non-hydrogen) atoms. The van der Waals surface area contributed by atoms with Gasteiger partial charge in [0, 0.05) is 47.9 Å². The molecule has 5 aromatic rings. The number of nitrogens with zero attached hydrogens (tertiary/aromatic N) is 7. The molecule has 5 heterocycles. The first-order valence-electron chi connectivity index (χ1n) is 13.5. The lowest BCUT2D eigenvalue weighted by atomic mass is 9.93. The van der Waals surface area contributed by atoms with Crippen molar-refractivity contribution in [3.8, 4) is 45.7 Å². The first kappa shape index (κ1) is 24.2. The lowest BCUT2D eigenvalue weighted by molar-refractivity contribution is 0.203. The zero-order valence-corrected chi connectivity index (χ0v) is 21.9. The Morgan fingerprint density at radius 1 is 0.900 bits per heavy atom. The Morgan fingerprint density at radius 2 is 1.73 bits per heavy atom. The van der Waals surface area contributed by atoms with Crippen LogP contribution in [0.25, 0.3) is 33.9 Å². The number of piperidine rings is 1. The highest BCUT2D eigenvalue weighted by molar-refractivity contribution is 5.83. The minimum Gasteiger partial charge on any atom is -0.472 e. The van der Waals surface area contributed by atoms with Crippen LogP contribution in [0.3, 0.4) is 0 Å². The number of nitriles is 1. The highest BCUT2D eigenvalue weighted by Gasteiger charge is 2.27. The fourth-order valence-electron chi connectivity index (χ4n) is 5.75. The second kappa shape index (κ2) is 10.4. The molecule has 1 fully saturated rings. The third-order valence-corrected chi connectivity index (χ3v) is 7.80. The molecule has 0 spiro atoms. The van der Waals surface area contributed by atoms with Gasteiger partial charge in [0.15, 0.2) is 6.73 Å². The van der Waals surface area contributed by atoms with Gasteiger partial charge in [0.2, 0.25) is 5.82 Å². The Morgan fingerprint density at radius 3 is 2.52 bits per heavy atom. The van der Waals surface area contributed by atoms with Crippen molar-refractivity contribution in [2.75, 3.05) is 13.1 Å². The van der Waals surface area contributed by atoms with Crippen LogP contribution < -0.4 is 4.74 Å². The van der Waals surface area contributed by atoms with E-state index in [0.29, 0.717) is 12.6 Å². The molecule has 196 valence electrons. The Labute approximate surface area is 232 Å². The van der Waals surface area contributed by atoms with Crippen LogP contribution in [-0.2, 0) is 13.3 Å². The molecule has 8 heteroatoms. The molecule has 2 aromatic carbocycles. The maximum Gasteiger partial charge on any atom is 0.232 e. The topological polar surface area (TPSA) is 92.8 Å². The molecule has 0 unspecified atom stereocenters. The zero-order valence-electron chi connectivity index (χ0n) is 21.9. The quantitative estimate of drug-likeness (QED) is 0.292. The van der Waals surface area contributed by atoms with Gasteiger partial charge in [0.05, 0.1) is 17.0 Å². The number of rotatable bonds is 5. The summed E-state index contributed by atoms with van der Waals surface area (Å²) < 4.78 is 8.21. The molecule has 7 rings (SSSR count). The van der Waals surface area contributed by atoms with Gasteiger partial charge in [-0.15, -0.1) is 0 Å². The number of imidazole rings is 1. The van der Waals surface area contributed by atoms with Gasteiger partial charge in [0.1, 0.15) is 17.6 Å². The smallest absolute Gasteiger partial charge is 0.232 e. The Kier molecular flexibility index (Phi) is 6.27. The van der Waals surface area contributed by atoms with Crippen LogP contribution in [-0.4, -0.2) is 42.5 Å². The molecule has 0 radical (unpaired) electrons. The van der Waals surface area contributed by atoms with Crippen molar-refractivity contribution in [2.24, 2.45) is 0 Å². The maximum absolute atomic E-state index is 9.12. The summed E-state index contributed by atoms with van der Waals surface area (Å²) in [6.45, 7) is 3.30. The second-order valence-corrected chi connectivity index (χ2v) is 10.2. The molecule has 0 amide bonds. The summed E-state index contributed by atoms with van der Waals surface area (Å²) in [6.07, 6.45) is 7.32. The van der Waals surface area contributed by atoms with Crippen molar-refractivity contribution in [1.29, 1.82) is 5.26 Å². The number of pyridine rings is 1. The van der Waals surface area contributed by atoms with E-state index in [4.69, 9.17) is 15.0 Å². The van der Waals surface area contributed by atoms with Crippen LogP contribution in [0.5, 0.6) is 5.75 Å². The van der Waals surface area contributed by atoms with Crippen LogP contribution in [0.4, 0.5) is 0 Å². The second-order valence-electron chi connectivity index (χ2n) is 10.2. The van der Waals surface area contributed by atoms with Crippen LogP contribution in [0.2, 0.25) is 0 Å². The molecular formula is C32H27N7O. The van der Waals surface area contributed by atoms with E-state index in [-0.39, 0.29) is 5.82 Å². The van der Waals surface area contributed by atoms with Crippen LogP contribution in [0.1, 0.15) is 35.8 Å². The highest BCUT2D eigenvalue weighted by Crippen LogP contribution is 2.41. The zero-order chi connectivity index (χ0) is 26.9. The SMILES string of the molecule is N#Cc1nccc(C2CCN(Cc3ccc(-c4nc5n(c4-c4ccccc4)COc4ccncc4-5)cc3)CC2)n1. The van der Waals surface area contributed by atoms with Gasteiger partial charge in [0.25, 0.3) is 0 Å². The van der Waals surface area contributed by atoms with Gasteiger partial charge in [-0.1, -0.05) is 54.6 Å². The summed E-state index contributed by atoms with van der Waals surface area (Å²) in [6, 6.07) is 25.0. The molecule has 1 saturated heterocycles. The Bertz CT molecular complexity index is 1700. The Hall–Kier alpha value is -4.87. The molecule has 2 aliphatic heterocycles. The number of benzene rings is 2. The molecule has 0 bridgehead atoms. The van der Waals surface area contributed by atoms with E-state index < -0.39 is 0 Å². The summed E-state index contributed by atoms with van der Waals surface area (Å²) >= 11 is 0. The van der Waals surface area contributed by atoms with E-state index in [1.807, 2.05) is 30.5 Å². The van der Waals surface area contributed by atoms with Gasteiger partial charge < -0.3 is 4.74 Å². The van der Waals surface area contributed by atoms with E-state index in [9.17, 15) is 0 Å². The number of hydrogen-bond acceptors (Lipinski definition) is 7. The van der Waals surface area contributed by atoms with Crippen molar-refractivity contribution in [2.45, 2.75) is 32.0 Å². The summed E-state index contributed by atoms with van der Waals surface area (Å²) in [5.41, 5.74) is 7.33. The Balaban J connectivity index is 1.12. The summed E-state index contributed by atoms with van der Waals surface area (Å²) in [7, 11) is 0. The van der Waals surface area contributed by atoms with Gasteiger partial charge in [-0.25, -0.2) is 15.0 Å². The normalized spacial score (nSPS) is 15.1. The molecule has 3 aromatic heterocycles. The van der Waals surface area contributed by atoms with Crippen LogP contribution in [0.15, 0.2) is 85.3 Å². The van der Waals surface area contributed by atoms with Crippen molar-refractivity contribution < 1.29 is 4.74 Å². The van der Waals surface area contributed by atoms with Gasteiger partial charge >= 0.3 is 0 Å². The molecule has 0 N–H and O–H groups in total. The van der Waals surface area contributed by atoms with Crippen LogP contribution >= 0.6 is 0 Å². The van der Waals surface area contributed by atoms with E-state index in [0.717, 1.165) is 77.8 Å². The first-order chi connectivity index (χ1) is 19.8. The molecule has 0 atom stereocenters. The molecule has 2 aliphatic rings. The summed E-state index contributed by atoms with van der Waals surface area (Å²) in [4.78, 5) is 20.4. The first-order valence-corrected chi connectivity index (χ1v) is 13.5. The van der Waals surface area contributed by atoms with Crippen LogP contribution in [0, 0.1) is 11.3 Å². The highest BCUT2D eigenvalue weighted by atomic mass is 16.5. The van der Waals surface area contributed by atoms with Gasteiger partial charge in [-0.3, -0.25) is 14.5 Å². The number of ether oxygens (including phenoxy) is 1. The van der Waals surface area contributed by atoms with E-state index in [2.05, 4.69) is 72.9 Å². The van der Waals surface area contributed by atoms with Crippen molar-refractivity contribution >= 4 is 0 Å². The van der Waals surface area contributed by atoms with Gasteiger partial charge in [-0.2, -0.15) is 5.26 Å². The molecular weight excluding hydrogens is 498 g/mol. The molecule has 0 saturated carbocycles. The standard InChI is InChI=1S/C32H27N7O/c33-18-29-35-15-10-27(36-29)23-12-16-38(17-13-23)20-22-6-8-24(9-7-22)30-31(25-4-2-1-3-5-25)39-21-40-28-11-14-34-19-26(28)32(39)37-30/h1-11,14-15,19,23H,12-13,16-17,20-21H2. The minimum atomic E-state index is 0.252. The lowest BCUT2D eigenvalue weighted by Crippen LogP contribution is -2.32. The van der Waals surface area contributed by atoms with E-state index in [1.54, 1.807) is 12.4 Å². The number of hydrogen-bond donors (Lipinski definition) is 0. The number of likely N-dealkylation sites (tertiary alicyclic amines) is 1. The number of fused-ring (bicyclic) bond motifs is 3. The van der Waals surface area contributed by atoms with Crippen molar-refractivity contribution in [3.63, 3.8) is 0 Å². The molecule has 0 aliphatic carbocycles. The fraction of sp³-hybridized carbons (Fsp3) is 0.219. The third-order valence-electron chi connectivity index (χ3n) is 7.80. The average molecular weight is 526 g/mol. The largest absolute Gasteiger partial charge is 0.472 e. The van der Waals surface area contributed by atoms with Crippen molar-refractivity contribution in [1.82, 2.24) is 29.4 Å². The minimum absolute atomic E-state index is 0.252. The number of aromatic nitrogens is 5. The van der Waals surface area contributed by atoms with Gasteiger partial charge in [-0.05, 0) is 43.6 Å². The predicted octanol–water partition coefficient (Wildman–Crippen LogP) is 5.67. The monoisotopic (exact) mass is 525 g/mol. The van der Waals surface area contributed by atoms with E-state index in [1.165, 1.54) is 5.56 Å². The summed E-state index contributed by atoms with van der Waals surface area (Å²) in [5.74, 6) is 2.31. The third kappa shape index (κ3) is 4.51. The maximum atomic E-state index is 9.12. The van der Waals surface area contributed by atoms with E-state index >= 15 is 0 Å². The molecule has 8 nitrogen and oxygen atoms in total. The lowest BCUT2D eigenvalue weighted by Gasteiger charge is -2.31. The van der Waals surface area contributed by atoms with Crippen molar-refractivity contribution in [3.05, 3.63) is 102 Å². The predicted molar refractivity (Wildman–Crippen MR) is 151 cm³/mol. The average Bonchev–Trinajstić information content (AvgIpc) is 3.42.